The largest absolute Gasteiger partial charge is 0.356 e. The van der Waals surface area contributed by atoms with E-state index in [-0.39, 0.29) is 5.91 Å². The lowest BCUT2D eigenvalue weighted by Crippen LogP contribution is -2.26. The molecule has 26 heavy (non-hydrogen) atoms. The van der Waals surface area contributed by atoms with Crippen LogP contribution in [0, 0.1) is 0 Å². The maximum atomic E-state index is 12.2. The minimum absolute atomic E-state index is 0.116. The third-order valence-corrected chi connectivity index (χ3v) is 6.10. The average Bonchev–Trinajstić information content (AvgIpc) is 3.08. The maximum Gasteiger partial charge on any atom is 0.224 e. The van der Waals surface area contributed by atoms with Crippen LogP contribution in [0.15, 0.2) is 42.5 Å². The van der Waals surface area contributed by atoms with Crippen LogP contribution in [0.25, 0.3) is 10.2 Å². The van der Waals surface area contributed by atoms with E-state index in [1.807, 2.05) is 12.1 Å². The molecule has 0 saturated heterocycles. The van der Waals surface area contributed by atoms with Gasteiger partial charge in [-0.15, -0.1) is 11.3 Å². The van der Waals surface area contributed by atoms with E-state index in [2.05, 4.69) is 40.6 Å². The summed E-state index contributed by atoms with van der Waals surface area (Å²) in [5.41, 5.74) is 5.12. The summed E-state index contributed by atoms with van der Waals surface area (Å²) in [6.45, 7) is 0.708. The van der Waals surface area contributed by atoms with E-state index < -0.39 is 0 Å². The van der Waals surface area contributed by atoms with Gasteiger partial charge in [-0.05, 0) is 60.9 Å². The number of nitrogens with zero attached hydrogens (tertiary/aromatic N) is 1. The molecule has 1 aliphatic carbocycles. The molecule has 0 fully saturated rings. The predicted octanol–water partition coefficient (Wildman–Crippen LogP) is 4.47. The number of aryl methyl sites for hydroxylation is 3. The highest BCUT2D eigenvalue weighted by Gasteiger charge is 2.11. The summed E-state index contributed by atoms with van der Waals surface area (Å²) in [7, 11) is 0. The van der Waals surface area contributed by atoms with Gasteiger partial charge in [0, 0.05) is 13.0 Å². The second kappa shape index (κ2) is 8.00. The molecule has 0 aliphatic heterocycles. The highest BCUT2D eigenvalue weighted by Crippen LogP contribution is 2.23. The van der Waals surface area contributed by atoms with Crippen molar-refractivity contribution in [1.82, 2.24) is 10.3 Å². The number of thiazole rings is 1. The van der Waals surface area contributed by atoms with Gasteiger partial charge >= 0.3 is 0 Å². The van der Waals surface area contributed by atoms with Crippen LogP contribution in [0.1, 0.15) is 41.0 Å². The number of hydrogen-bond acceptors (Lipinski definition) is 3. The summed E-state index contributed by atoms with van der Waals surface area (Å²) in [5, 5.41) is 4.20. The lowest BCUT2D eigenvalue weighted by atomic mass is 9.90. The third-order valence-electron chi connectivity index (χ3n) is 5.01. The number of hydrogen-bond donors (Lipinski definition) is 1. The number of carbonyl (C=O) groups is 1. The Kier molecular flexibility index (Phi) is 5.30. The molecule has 1 heterocycles. The molecule has 3 nitrogen and oxygen atoms in total. The first kappa shape index (κ1) is 17.2. The van der Waals surface area contributed by atoms with Crippen LogP contribution in [0.4, 0.5) is 0 Å². The van der Waals surface area contributed by atoms with Gasteiger partial charge in [0.1, 0.15) is 0 Å². The zero-order valence-corrected chi connectivity index (χ0v) is 15.8. The molecule has 0 saturated carbocycles. The fourth-order valence-corrected chi connectivity index (χ4v) is 4.65. The predicted molar refractivity (Wildman–Crippen MR) is 108 cm³/mol. The van der Waals surface area contributed by atoms with E-state index in [9.17, 15) is 4.79 Å². The average molecular weight is 365 g/mol. The second-order valence-electron chi connectivity index (χ2n) is 7.02. The summed E-state index contributed by atoms with van der Waals surface area (Å²) < 4.78 is 1.24. The molecule has 0 spiro atoms. The molecule has 134 valence electrons. The first-order valence-electron chi connectivity index (χ1n) is 9.50. The van der Waals surface area contributed by atoms with Crippen LogP contribution in [0.3, 0.4) is 0 Å². The summed E-state index contributed by atoms with van der Waals surface area (Å²) in [6, 6.07) is 14.8. The molecule has 1 N–H and O–H groups in total. The van der Waals surface area contributed by atoms with Crippen molar-refractivity contribution in [2.45, 2.75) is 44.9 Å². The number of benzene rings is 2. The van der Waals surface area contributed by atoms with Crippen LogP contribution < -0.4 is 5.32 Å². The summed E-state index contributed by atoms with van der Waals surface area (Å²) in [6.07, 6.45) is 7.24. The molecule has 0 atom stereocenters. The quantitative estimate of drug-likeness (QED) is 0.656. The van der Waals surface area contributed by atoms with Crippen molar-refractivity contribution >= 4 is 27.5 Å². The van der Waals surface area contributed by atoms with Crippen molar-refractivity contribution in [1.29, 1.82) is 0 Å². The maximum absolute atomic E-state index is 12.2. The van der Waals surface area contributed by atoms with Crippen LogP contribution in [0.5, 0.6) is 0 Å². The van der Waals surface area contributed by atoms with Crippen LogP contribution in [-0.4, -0.2) is 17.4 Å². The zero-order valence-electron chi connectivity index (χ0n) is 15.0. The van der Waals surface area contributed by atoms with Gasteiger partial charge in [0.25, 0.3) is 0 Å². The van der Waals surface area contributed by atoms with Gasteiger partial charge in [-0.3, -0.25) is 4.79 Å². The number of aromatic nitrogens is 1. The van der Waals surface area contributed by atoms with Crippen molar-refractivity contribution < 1.29 is 4.79 Å². The molecule has 0 bridgehead atoms. The van der Waals surface area contributed by atoms with E-state index in [0.29, 0.717) is 13.0 Å². The SMILES string of the molecule is O=C(Cc1ccc2c(c1)CCCC2)NCCCc1nc2ccccc2s1. The van der Waals surface area contributed by atoms with Gasteiger partial charge in [-0.1, -0.05) is 30.3 Å². The molecule has 0 unspecified atom stereocenters. The number of carbonyl (C=O) groups excluding carboxylic acids is 1. The molecule has 1 aliphatic rings. The minimum Gasteiger partial charge on any atom is -0.356 e. The van der Waals surface area contributed by atoms with Crippen molar-refractivity contribution in [3.8, 4) is 0 Å². The molecular formula is C22H24N2OS. The monoisotopic (exact) mass is 364 g/mol. The standard InChI is InChI=1S/C22H24N2OS/c25-21(15-16-11-12-17-6-1-2-7-18(17)14-16)23-13-5-10-22-24-19-8-3-4-9-20(19)26-22/h3-4,8-9,11-12,14H,1-2,5-7,10,13,15H2,(H,23,25). The molecule has 2 aromatic carbocycles. The van der Waals surface area contributed by atoms with Crippen LogP contribution in [-0.2, 0) is 30.5 Å². The summed E-state index contributed by atoms with van der Waals surface area (Å²) in [5.74, 6) is 0.116. The normalized spacial score (nSPS) is 13.5. The number of amides is 1. The van der Waals surface area contributed by atoms with E-state index in [1.165, 1.54) is 35.1 Å². The van der Waals surface area contributed by atoms with Crippen molar-refractivity contribution in [2.75, 3.05) is 6.54 Å². The lowest BCUT2D eigenvalue weighted by molar-refractivity contribution is -0.120. The van der Waals surface area contributed by atoms with Gasteiger partial charge in [-0.25, -0.2) is 4.98 Å². The molecule has 1 aromatic heterocycles. The molecule has 4 heteroatoms. The van der Waals surface area contributed by atoms with Crippen LogP contribution in [0.2, 0.25) is 0 Å². The summed E-state index contributed by atoms with van der Waals surface area (Å²) in [4.78, 5) is 16.9. The fraction of sp³-hybridized carbons (Fsp3) is 0.364. The Morgan fingerprint density at radius 3 is 2.81 bits per heavy atom. The topological polar surface area (TPSA) is 42.0 Å². The first-order valence-corrected chi connectivity index (χ1v) is 10.3. The first-order chi connectivity index (χ1) is 12.8. The molecule has 4 rings (SSSR count). The fourth-order valence-electron chi connectivity index (χ4n) is 3.64. The van der Waals surface area contributed by atoms with Crippen LogP contribution >= 0.6 is 11.3 Å². The highest BCUT2D eigenvalue weighted by atomic mass is 32.1. The zero-order chi connectivity index (χ0) is 17.8. The van der Waals surface area contributed by atoms with E-state index in [1.54, 1.807) is 11.3 Å². The second-order valence-corrected chi connectivity index (χ2v) is 8.13. The lowest BCUT2D eigenvalue weighted by Gasteiger charge is -2.16. The Bertz CT molecular complexity index is 882. The van der Waals surface area contributed by atoms with E-state index in [0.717, 1.165) is 35.4 Å². The highest BCUT2D eigenvalue weighted by molar-refractivity contribution is 7.18. The Morgan fingerprint density at radius 1 is 1.08 bits per heavy atom. The number of rotatable bonds is 6. The van der Waals surface area contributed by atoms with Gasteiger partial charge in [0.2, 0.25) is 5.91 Å². The molecular weight excluding hydrogens is 340 g/mol. The molecule has 1 amide bonds. The van der Waals surface area contributed by atoms with Gasteiger partial charge in [0.05, 0.1) is 21.6 Å². The molecule has 0 radical (unpaired) electrons. The minimum atomic E-state index is 0.116. The Labute approximate surface area is 158 Å². The number of para-hydroxylation sites is 1. The van der Waals surface area contributed by atoms with E-state index in [4.69, 9.17) is 0 Å². The smallest absolute Gasteiger partial charge is 0.224 e. The number of fused-ring (bicyclic) bond motifs is 2. The molecule has 3 aromatic rings. The number of nitrogens with one attached hydrogen (secondary N) is 1. The summed E-state index contributed by atoms with van der Waals surface area (Å²) >= 11 is 1.75. The van der Waals surface area contributed by atoms with Gasteiger partial charge < -0.3 is 5.32 Å². The Morgan fingerprint density at radius 2 is 1.92 bits per heavy atom. The Balaban J connectivity index is 1.24. The van der Waals surface area contributed by atoms with Crippen molar-refractivity contribution in [2.24, 2.45) is 0 Å². The van der Waals surface area contributed by atoms with Crippen molar-refractivity contribution in [3.05, 3.63) is 64.2 Å². The van der Waals surface area contributed by atoms with Gasteiger partial charge in [-0.2, -0.15) is 0 Å². The van der Waals surface area contributed by atoms with E-state index >= 15 is 0 Å². The third kappa shape index (κ3) is 4.13. The van der Waals surface area contributed by atoms with Crippen molar-refractivity contribution in [3.63, 3.8) is 0 Å². The Hall–Kier alpha value is -2.20. The van der Waals surface area contributed by atoms with Gasteiger partial charge in [0.15, 0.2) is 0 Å².